The summed E-state index contributed by atoms with van der Waals surface area (Å²) in [7, 11) is 2.08. The molecule has 0 aromatic carbocycles. The number of rotatable bonds is 2. The molecule has 2 heterocycles. The second kappa shape index (κ2) is 5.49. The van der Waals surface area contributed by atoms with Crippen LogP contribution in [0.25, 0.3) is 0 Å². The molecule has 2 aliphatic rings. The van der Waals surface area contributed by atoms with E-state index in [4.69, 9.17) is 0 Å². The van der Waals surface area contributed by atoms with Crippen LogP contribution in [0.1, 0.15) is 25.7 Å². The van der Waals surface area contributed by atoms with Gasteiger partial charge in [-0.05, 0) is 32.9 Å². The molecular weight excluding hydrogens is 218 g/mol. The normalized spacial score (nSPS) is 30.8. The Bertz CT molecular complexity index is 296. The maximum Gasteiger partial charge on any atom is 0.225 e. The first-order valence-electron chi connectivity index (χ1n) is 6.41. The maximum atomic E-state index is 12.0. The van der Waals surface area contributed by atoms with E-state index in [-0.39, 0.29) is 23.8 Å². The monoisotopic (exact) mass is 239 g/mol. The van der Waals surface area contributed by atoms with E-state index in [2.05, 4.69) is 22.6 Å². The largest absolute Gasteiger partial charge is 0.355 e. The van der Waals surface area contributed by atoms with E-state index in [1.807, 2.05) is 0 Å². The summed E-state index contributed by atoms with van der Waals surface area (Å²) in [6.07, 6.45) is 3.36. The van der Waals surface area contributed by atoms with Gasteiger partial charge in [0.05, 0.1) is 5.92 Å². The summed E-state index contributed by atoms with van der Waals surface area (Å²) < 4.78 is 0. The highest BCUT2D eigenvalue weighted by Gasteiger charge is 2.27. The Morgan fingerprint density at radius 1 is 1.47 bits per heavy atom. The van der Waals surface area contributed by atoms with Gasteiger partial charge in [0.1, 0.15) is 0 Å². The third-order valence-corrected chi connectivity index (χ3v) is 3.61. The number of likely N-dealkylation sites (N-methyl/N-ethyl adjacent to an activating group) is 1. The average molecular weight is 239 g/mol. The third kappa shape index (κ3) is 3.43. The van der Waals surface area contributed by atoms with E-state index in [1.165, 1.54) is 0 Å². The molecule has 0 aromatic heterocycles. The zero-order valence-corrected chi connectivity index (χ0v) is 10.4. The number of nitrogens with one attached hydrogen (secondary N) is 2. The SMILES string of the molecule is CN1CCCC(NC(=O)C2CCC(=O)NC2)C1. The smallest absolute Gasteiger partial charge is 0.225 e. The Labute approximate surface area is 102 Å². The van der Waals surface area contributed by atoms with Gasteiger partial charge >= 0.3 is 0 Å². The zero-order chi connectivity index (χ0) is 12.3. The minimum absolute atomic E-state index is 0.0417. The van der Waals surface area contributed by atoms with Crippen LogP contribution in [-0.4, -0.2) is 49.4 Å². The van der Waals surface area contributed by atoms with Crippen molar-refractivity contribution in [3.05, 3.63) is 0 Å². The van der Waals surface area contributed by atoms with Gasteiger partial charge in [-0.25, -0.2) is 0 Å². The van der Waals surface area contributed by atoms with Crippen molar-refractivity contribution in [2.75, 3.05) is 26.7 Å². The van der Waals surface area contributed by atoms with Gasteiger partial charge in [-0.1, -0.05) is 0 Å². The first-order valence-corrected chi connectivity index (χ1v) is 6.41. The molecule has 2 fully saturated rings. The van der Waals surface area contributed by atoms with Crippen molar-refractivity contribution in [1.29, 1.82) is 0 Å². The first-order chi connectivity index (χ1) is 8.15. The minimum Gasteiger partial charge on any atom is -0.355 e. The second-order valence-electron chi connectivity index (χ2n) is 5.15. The number of carbonyl (C=O) groups excluding carboxylic acids is 2. The number of carbonyl (C=O) groups is 2. The van der Waals surface area contributed by atoms with Gasteiger partial charge in [0.2, 0.25) is 11.8 Å². The van der Waals surface area contributed by atoms with Crippen LogP contribution in [0.2, 0.25) is 0 Å². The fraction of sp³-hybridized carbons (Fsp3) is 0.833. The van der Waals surface area contributed by atoms with Crippen molar-refractivity contribution in [2.24, 2.45) is 5.92 Å². The third-order valence-electron chi connectivity index (χ3n) is 3.61. The van der Waals surface area contributed by atoms with E-state index >= 15 is 0 Å². The standard InChI is InChI=1S/C12H21N3O2/c1-15-6-2-3-10(8-15)14-12(17)9-4-5-11(16)13-7-9/h9-10H,2-8H2,1H3,(H,13,16)(H,14,17). The predicted molar refractivity (Wildman–Crippen MR) is 64.4 cm³/mol. The number of hydrogen-bond acceptors (Lipinski definition) is 3. The highest BCUT2D eigenvalue weighted by Crippen LogP contribution is 2.13. The van der Waals surface area contributed by atoms with Crippen LogP contribution in [0.15, 0.2) is 0 Å². The lowest BCUT2D eigenvalue weighted by Gasteiger charge is -2.32. The first kappa shape index (κ1) is 12.4. The van der Waals surface area contributed by atoms with Crippen molar-refractivity contribution in [1.82, 2.24) is 15.5 Å². The lowest BCUT2D eigenvalue weighted by molar-refractivity contribution is -0.129. The van der Waals surface area contributed by atoms with Gasteiger partial charge in [0, 0.05) is 25.6 Å². The number of piperidine rings is 2. The maximum absolute atomic E-state index is 12.0. The van der Waals surface area contributed by atoms with Crippen LogP contribution in [0, 0.1) is 5.92 Å². The molecule has 2 saturated heterocycles. The van der Waals surface area contributed by atoms with Crippen molar-refractivity contribution in [2.45, 2.75) is 31.7 Å². The molecule has 96 valence electrons. The molecule has 0 spiro atoms. The summed E-state index contributed by atoms with van der Waals surface area (Å²) in [4.78, 5) is 25.3. The molecule has 2 N–H and O–H groups in total. The predicted octanol–water partition coefficient (Wildman–Crippen LogP) is -0.277. The zero-order valence-electron chi connectivity index (χ0n) is 10.4. The molecule has 0 radical (unpaired) electrons. The number of nitrogens with zero attached hydrogens (tertiary/aromatic N) is 1. The highest BCUT2D eigenvalue weighted by molar-refractivity contribution is 5.83. The molecule has 5 heteroatoms. The fourth-order valence-electron chi connectivity index (χ4n) is 2.56. The Hall–Kier alpha value is -1.10. The van der Waals surface area contributed by atoms with Crippen LogP contribution in [0.4, 0.5) is 0 Å². The van der Waals surface area contributed by atoms with Crippen molar-refractivity contribution >= 4 is 11.8 Å². The van der Waals surface area contributed by atoms with Gasteiger partial charge < -0.3 is 15.5 Å². The molecule has 2 unspecified atom stereocenters. The lowest BCUT2D eigenvalue weighted by atomic mass is 9.97. The average Bonchev–Trinajstić information content (AvgIpc) is 2.29. The number of likely N-dealkylation sites (tertiary alicyclic amines) is 1. The molecule has 5 nitrogen and oxygen atoms in total. The van der Waals surface area contributed by atoms with E-state index in [9.17, 15) is 9.59 Å². The Morgan fingerprint density at radius 3 is 2.94 bits per heavy atom. The quantitative estimate of drug-likeness (QED) is 0.697. The van der Waals surface area contributed by atoms with Crippen molar-refractivity contribution < 1.29 is 9.59 Å². The van der Waals surface area contributed by atoms with Gasteiger partial charge in [0.25, 0.3) is 0 Å². The summed E-state index contributed by atoms with van der Waals surface area (Å²) in [5, 5.41) is 5.85. The van der Waals surface area contributed by atoms with Crippen molar-refractivity contribution in [3.8, 4) is 0 Å². The second-order valence-corrected chi connectivity index (χ2v) is 5.15. The summed E-state index contributed by atoms with van der Waals surface area (Å²) in [6.45, 7) is 2.55. The molecule has 2 amide bonds. The van der Waals surface area contributed by atoms with E-state index < -0.39 is 0 Å². The van der Waals surface area contributed by atoms with Gasteiger partial charge in [-0.2, -0.15) is 0 Å². The summed E-state index contributed by atoms with van der Waals surface area (Å²) in [6, 6.07) is 0.277. The van der Waals surface area contributed by atoms with Gasteiger partial charge in [-0.15, -0.1) is 0 Å². The van der Waals surface area contributed by atoms with Crippen LogP contribution in [0.3, 0.4) is 0 Å². The van der Waals surface area contributed by atoms with E-state index in [1.54, 1.807) is 0 Å². The summed E-state index contributed by atoms with van der Waals surface area (Å²) in [5.41, 5.74) is 0. The van der Waals surface area contributed by atoms with Crippen LogP contribution < -0.4 is 10.6 Å². The Morgan fingerprint density at radius 2 is 2.29 bits per heavy atom. The van der Waals surface area contributed by atoms with Crippen molar-refractivity contribution in [3.63, 3.8) is 0 Å². The van der Waals surface area contributed by atoms with E-state index in [0.717, 1.165) is 25.9 Å². The number of amides is 2. The minimum atomic E-state index is -0.0417. The molecule has 0 bridgehead atoms. The molecular formula is C12H21N3O2. The molecule has 17 heavy (non-hydrogen) atoms. The van der Waals surface area contributed by atoms with Crippen LogP contribution in [-0.2, 0) is 9.59 Å². The Kier molecular flexibility index (Phi) is 3.99. The fourth-order valence-corrected chi connectivity index (χ4v) is 2.56. The molecule has 0 aliphatic carbocycles. The number of hydrogen-bond donors (Lipinski definition) is 2. The molecule has 0 aromatic rings. The highest BCUT2D eigenvalue weighted by atomic mass is 16.2. The summed E-state index contributed by atoms with van der Waals surface area (Å²) in [5.74, 6) is 0.122. The van der Waals surface area contributed by atoms with Crippen LogP contribution in [0.5, 0.6) is 0 Å². The molecule has 2 aliphatic heterocycles. The Balaban J connectivity index is 1.78. The van der Waals surface area contributed by atoms with Gasteiger partial charge in [0.15, 0.2) is 0 Å². The van der Waals surface area contributed by atoms with Crippen LogP contribution >= 0.6 is 0 Å². The lowest BCUT2D eigenvalue weighted by Crippen LogP contribution is -2.50. The topological polar surface area (TPSA) is 61.4 Å². The molecule has 2 atom stereocenters. The molecule has 0 saturated carbocycles. The van der Waals surface area contributed by atoms with Gasteiger partial charge in [-0.3, -0.25) is 9.59 Å². The summed E-state index contributed by atoms with van der Waals surface area (Å²) >= 11 is 0. The van der Waals surface area contributed by atoms with E-state index in [0.29, 0.717) is 19.4 Å². The molecule has 2 rings (SSSR count).